The van der Waals surface area contributed by atoms with Gasteiger partial charge in [-0.1, -0.05) is 82.9 Å². The van der Waals surface area contributed by atoms with Gasteiger partial charge in [0.1, 0.15) is 17.1 Å². The van der Waals surface area contributed by atoms with Gasteiger partial charge in [0, 0.05) is 50.2 Å². The predicted molar refractivity (Wildman–Crippen MR) is 192 cm³/mol. The fourth-order valence-corrected chi connectivity index (χ4v) is 6.52. The van der Waals surface area contributed by atoms with Crippen molar-refractivity contribution in [2.75, 3.05) is 46.4 Å². The van der Waals surface area contributed by atoms with Gasteiger partial charge in [0.2, 0.25) is 11.6 Å². The second kappa shape index (κ2) is 18.5. The molecule has 0 saturated carbocycles. The second-order valence-corrected chi connectivity index (χ2v) is 14.5. The minimum Gasteiger partial charge on any atom is -0.497 e. The molecule has 0 spiro atoms. The summed E-state index contributed by atoms with van der Waals surface area (Å²) in [5.41, 5.74) is 2.61. The largest absolute Gasteiger partial charge is 0.497 e. The summed E-state index contributed by atoms with van der Waals surface area (Å²) in [6.07, 6.45) is 14.8. The molecule has 1 N–H and O–H groups in total. The number of nitrogens with zero attached hydrogens (tertiary/aromatic N) is 3. The van der Waals surface area contributed by atoms with Gasteiger partial charge < -0.3 is 19.4 Å². The van der Waals surface area contributed by atoms with E-state index in [1.807, 2.05) is 45.0 Å². The van der Waals surface area contributed by atoms with Gasteiger partial charge >= 0.3 is 0 Å². The first-order chi connectivity index (χ1) is 23.1. The Hall–Kier alpha value is -3.28. The third kappa shape index (κ3) is 12.0. The summed E-state index contributed by atoms with van der Waals surface area (Å²) in [5.74, 6) is 0.917. The van der Waals surface area contributed by atoms with Gasteiger partial charge in [-0.05, 0) is 48.7 Å². The molecule has 4 aliphatic rings. The van der Waals surface area contributed by atoms with Crippen LogP contribution in [-0.2, 0) is 26.1 Å². The lowest BCUT2D eigenvalue weighted by molar-refractivity contribution is -0.117. The first kappa shape index (κ1) is 37.5. The Labute approximate surface area is 292 Å². The molecule has 0 aromatic heterocycles. The number of aryl methyl sites for hydroxylation is 1. The molecule has 3 aliphatic heterocycles. The smallest absolute Gasteiger partial charge is 0.294 e. The molecule has 2 aromatic rings. The van der Waals surface area contributed by atoms with Crippen LogP contribution >= 0.6 is 12.6 Å². The summed E-state index contributed by atoms with van der Waals surface area (Å²) in [7, 11) is -2.45. The van der Waals surface area contributed by atoms with Crippen molar-refractivity contribution in [2.45, 2.75) is 87.3 Å². The molecule has 0 atom stereocenters. The van der Waals surface area contributed by atoms with Crippen molar-refractivity contribution in [2.24, 2.45) is 0 Å². The predicted octanol–water partition coefficient (Wildman–Crippen LogP) is 6.56. The van der Waals surface area contributed by atoms with Crippen LogP contribution in [0, 0.1) is 0 Å². The lowest BCUT2D eigenvalue weighted by Crippen LogP contribution is -2.29. The average molecular weight is 698 g/mol. The van der Waals surface area contributed by atoms with Crippen molar-refractivity contribution in [3.05, 3.63) is 77.3 Å². The Morgan fingerprint density at radius 2 is 1.25 bits per heavy atom. The van der Waals surface area contributed by atoms with Crippen molar-refractivity contribution in [3.8, 4) is 5.75 Å². The molecule has 6 rings (SSSR count). The van der Waals surface area contributed by atoms with Crippen LogP contribution in [0.4, 0.5) is 0 Å². The fourth-order valence-electron chi connectivity index (χ4n) is 5.62. The highest BCUT2D eigenvalue weighted by atomic mass is 32.2. The highest BCUT2D eigenvalue weighted by Gasteiger charge is 2.43. The normalized spacial score (nSPS) is 16.5. The molecular weight excluding hydrogens is 647 g/mol. The molecule has 3 saturated heterocycles. The minimum atomic E-state index is -4.10. The van der Waals surface area contributed by atoms with E-state index < -0.39 is 10.1 Å². The van der Waals surface area contributed by atoms with Gasteiger partial charge in [0.25, 0.3) is 10.1 Å². The summed E-state index contributed by atoms with van der Waals surface area (Å²) in [4.78, 5) is 31.5. The highest BCUT2D eigenvalue weighted by Crippen LogP contribution is 2.34. The summed E-state index contributed by atoms with van der Waals surface area (Å²) < 4.78 is 36.7. The monoisotopic (exact) mass is 697 g/mol. The number of carbonyl (C=O) groups is 2. The quantitative estimate of drug-likeness (QED) is 0.0663. The van der Waals surface area contributed by atoms with Crippen molar-refractivity contribution >= 4 is 34.3 Å². The van der Waals surface area contributed by atoms with E-state index in [1.54, 1.807) is 19.2 Å². The number of Topliss-reactive ketones (excluding diaryl/α,β-unsaturated/α-hetero) is 1. The van der Waals surface area contributed by atoms with E-state index in [4.69, 9.17) is 4.74 Å². The zero-order valence-corrected chi connectivity index (χ0v) is 30.1. The number of hydrogen-bond acceptors (Lipinski definition) is 9. The average Bonchev–Trinajstić information content (AvgIpc) is 3.91. The molecule has 0 unspecified atom stereocenters. The number of rotatable bonds is 16. The molecule has 11 heteroatoms. The maximum Gasteiger partial charge on any atom is 0.294 e. The van der Waals surface area contributed by atoms with E-state index in [1.165, 1.54) is 63.5 Å². The first-order valence-electron chi connectivity index (χ1n) is 17.3. The van der Waals surface area contributed by atoms with Gasteiger partial charge in [-0.3, -0.25) is 14.1 Å². The van der Waals surface area contributed by atoms with Gasteiger partial charge in [0.05, 0.1) is 17.7 Å². The molecule has 1 aliphatic carbocycles. The van der Waals surface area contributed by atoms with Gasteiger partial charge in [-0.15, -0.1) is 12.6 Å². The van der Waals surface area contributed by atoms with Crippen LogP contribution in [0.1, 0.15) is 76.7 Å². The van der Waals surface area contributed by atoms with E-state index in [2.05, 4.69) is 19.6 Å². The van der Waals surface area contributed by atoms with Crippen molar-refractivity contribution in [1.82, 2.24) is 14.7 Å². The van der Waals surface area contributed by atoms with Crippen LogP contribution in [-0.4, -0.2) is 85.6 Å². The third-order valence-electron chi connectivity index (χ3n) is 8.61. The third-order valence-corrected chi connectivity index (χ3v) is 9.86. The van der Waals surface area contributed by atoms with E-state index in [0.717, 1.165) is 68.3 Å². The first-order valence-corrected chi connectivity index (χ1v) is 19.2. The Morgan fingerprint density at radius 3 is 1.77 bits per heavy atom. The number of thiol groups is 1. The zero-order valence-electron chi connectivity index (χ0n) is 28.4. The number of allylic oxidation sites excluding steroid dienone is 1. The fraction of sp³-hybridized carbons (Fsp3) is 0.514. The van der Waals surface area contributed by atoms with Gasteiger partial charge in [0.15, 0.2) is 0 Å². The summed E-state index contributed by atoms with van der Waals surface area (Å²) in [6.45, 7) is 7.64. The number of methoxy groups -OCH3 is 1. The Bertz CT molecular complexity index is 1540. The van der Waals surface area contributed by atoms with E-state index >= 15 is 0 Å². The molecule has 0 amide bonds. The summed E-state index contributed by atoms with van der Waals surface area (Å²) in [6, 6.07) is 14.3. The summed E-state index contributed by atoms with van der Waals surface area (Å²) in [5, 5.41) is 0. The van der Waals surface area contributed by atoms with Crippen molar-refractivity contribution in [3.63, 3.8) is 0 Å². The lowest BCUT2D eigenvalue weighted by atomic mass is 10.0. The van der Waals surface area contributed by atoms with E-state index in [-0.39, 0.29) is 16.5 Å². The maximum atomic E-state index is 12.4. The summed E-state index contributed by atoms with van der Waals surface area (Å²) >= 11 is 4.11. The molecule has 262 valence electrons. The van der Waals surface area contributed by atoms with E-state index in [9.17, 15) is 22.6 Å². The van der Waals surface area contributed by atoms with Crippen LogP contribution in [0.15, 0.2) is 81.5 Å². The Morgan fingerprint density at radius 1 is 0.729 bits per heavy atom. The van der Waals surface area contributed by atoms with E-state index in [0.29, 0.717) is 23.5 Å². The van der Waals surface area contributed by atoms with Gasteiger partial charge in [-0.25, -0.2) is 0 Å². The molecule has 2 aromatic carbocycles. The lowest BCUT2D eigenvalue weighted by Gasteiger charge is -2.21. The van der Waals surface area contributed by atoms with Crippen LogP contribution < -0.4 is 4.74 Å². The standard InChI is InChI=1S/C18H30O3S.C12H13N3O2.C7H8OS/c1-2-3-4-5-6-7-8-9-10-11-14-17-15-12-13-16-18(17)22(19,20)21;16-9-7-8(13-1-2-13)12(17)11(15-5-6-15)10(9)14-3-4-14;1-8-6-2-4-7(9)5-3-6/h12-13,15-16H,2-11,14H2,1H3,(H,19,20,21);7H,1-6H2;2-5,9H,1H3. The minimum absolute atomic E-state index is 0.00546. The molecular formula is C37H51N3O6S2. The number of ketones is 2. The van der Waals surface area contributed by atoms with Crippen molar-refractivity contribution in [1.29, 1.82) is 0 Å². The van der Waals surface area contributed by atoms with Crippen LogP contribution in [0.5, 0.6) is 5.75 Å². The van der Waals surface area contributed by atoms with Gasteiger partial charge in [-0.2, -0.15) is 8.42 Å². The number of hydrogen-bond donors (Lipinski definition) is 2. The Balaban J connectivity index is 0.000000176. The SMILES string of the molecule is CCCCCCCCCCCCc1ccccc1S(=O)(=O)O.COc1ccc(S)cc1.O=C1C=C(N2CC2)C(=O)C(N2CC2)=C1N1CC1. The molecule has 3 fully saturated rings. The molecule has 48 heavy (non-hydrogen) atoms. The molecule has 0 bridgehead atoms. The van der Waals surface area contributed by atoms with Crippen LogP contribution in [0.25, 0.3) is 0 Å². The Kier molecular flexibility index (Phi) is 14.4. The number of ether oxygens (including phenoxy) is 1. The van der Waals surface area contributed by atoms with Crippen molar-refractivity contribution < 1.29 is 27.3 Å². The molecule has 0 radical (unpaired) electrons. The topological polar surface area (TPSA) is 107 Å². The molecule has 9 nitrogen and oxygen atoms in total. The molecule has 3 heterocycles. The number of benzene rings is 2. The van der Waals surface area contributed by atoms with Crippen LogP contribution in [0.3, 0.4) is 0 Å². The maximum absolute atomic E-state index is 12.4. The number of carbonyl (C=O) groups excluding carboxylic acids is 2. The highest BCUT2D eigenvalue weighted by molar-refractivity contribution is 7.85. The number of unbranched alkanes of at least 4 members (excludes halogenated alkanes) is 9. The zero-order chi connectivity index (χ0) is 34.5. The van der Waals surface area contributed by atoms with Crippen LogP contribution in [0.2, 0.25) is 0 Å². The second-order valence-electron chi connectivity index (χ2n) is 12.6.